The maximum atomic E-state index is 13.4. The van der Waals surface area contributed by atoms with Gasteiger partial charge in [0.25, 0.3) is 11.5 Å². The number of fused-ring (bicyclic) bond motifs is 1. The molecule has 2 aromatic heterocycles. The van der Waals surface area contributed by atoms with Crippen LogP contribution in [0, 0.1) is 19.8 Å². The summed E-state index contributed by atoms with van der Waals surface area (Å²) in [5.74, 6) is 0.254. The zero-order valence-electron chi connectivity index (χ0n) is 21.8. The molecule has 1 fully saturated rings. The van der Waals surface area contributed by atoms with E-state index < -0.39 is 5.60 Å². The minimum absolute atomic E-state index is 0.0570. The third-order valence-corrected chi connectivity index (χ3v) is 7.69. The van der Waals surface area contributed by atoms with Crippen molar-refractivity contribution in [2.75, 3.05) is 19.6 Å². The largest absolute Gasteiger partial charge is 0.389 e. The number of carbonyl (C=O) groups excluding carboxylic acids is 1. The maximum absolute atomic E-state index is 13.4. The van der Waals surface area contributed by atoms with E-state index >= 15 is 0 Å². The first-order valence-electron chi connectivity index (χ1n) is 12.7. The van der Waals surface area contributed by atoms with Gasteiger partial charge in [0.05, 0.1) is 28.3 Å². The van der Waals surface area contributed by atoms with Crippen LogP contribution in [0.15, 0.2) is 35.1 Å². The summed E-state index contributed by atoms with van der Waals surface area (Å²) in [7, 11) is 0. The first-order chi connectivity index (χ1) is 17.0. The van der Waals surface area contributed by atoms with Crippen molar-refractivity contribution in [1.82, 2.24) is 19.8 Å². The predicted molar refractivity (Wildman–Crippen MR) is 145 cm³/mol. The van der Waals surface area contributed by atoms with Crippen LogP contribution in [0.4, 0.5) is 0 Å². The monoisotopic (exact) mass is 512 g/mol. The van der Waals surface area contributed by atoms with E-state index in [9.17, 15) is 14.7 Å². The van der Waals surface area contributed by atoms with Gasteiger partial charge in [-0.2, -0.15) is 0 Å². The molecule has 1 saturated heterocycles. The predicted octanol–water partition coefficient (Wildman–Crippen LogP) is 4.57. The summed E-state index contributed by atoms with van der Waals surface area (Å²) in [5, 5.41) is 14.4. The highest BCUT2D eigenvalue weighted by Gasteiger charge is 2.30. The average Bonchev–Trinajstić information content (AvgIpc) is 3.09. The molecule has 0 bridgehead atoms. The van der Waals surface area contributed by atoms with Crippen molar-refractivity contribution in [3.8, 4) is 0 Å². The van der Waals surface area contributed by atoms with Crippen LogP contribution in [-0.4, -0.2) is 50.7 Å². The number of hydrogen-bond donors (Lipinski definition) is 3. The second-order valence-electron chi connectivity index (χ2n) is 10.8. The molecule has 0 spiro atoms. The smallest absolute Gasteiger partial charge is 0.254 e. The van der Waals surface area contributed by atoms with Crippen molar-refractivity contribution < 1.29 is 9.90 Å². The SMILES string of the molecule is Cc1cc(Cl)c(CNC(=O)c2c(C)n([C@H](C)C3CCN(CC(C)(C)O)CC3)c3ccccc23)c(=O)[nH]1. The zero-order chi connectivity index (χ0) is 26.2. The van der Waals surface area contributed by atoms with Crippen LogP contribution in [0.3, 0.4) is 0 Å². The summed E-state index contributed by atoms with van der Waals surface area (Å²) in [6, 6.07) is 9.92. The average molecular weight is 513 g/mol. The number of nitrogens with one attached hydrogen (secondary N) is 2. The lowest BCUT2D eigenvalue weighted by atomic mass is 9.89. The number of aliphatic hydroxyl groups is 1. The number of amides is 1. The Bertz CT molecular complexity index is 1310. The van der Waals surface area contributed by atoms with Crippen molar-refractivity contribution in [1.29, 1.82) is 0 Å². The van der Waals surface area contributed by atoms with Gasteiger partial charge in [0, 0.05) is 34.9 Å². The number of nitrogens with zero attached hydrogens (tertiary/aromatic N) is 2. The number of aryl methyl sites for hydroxylation is 1. The van der Waals surface area contributed by atoms with Gasteiger partial charge >= 0.3 is 0 Å². The van der Waals surface area contributed by atoms with Gasteiger partial charge in [-0.15, -0.1) is 0 Å². The van der Waals surface area contributed by atoms with Crippen LogP contribution >= 0.6 is 11.6 Å². The molecule has 3 heterocycles. The molecule has 8 heteroatoms. The summed E-state index contributed by atoms with van der Waals surface area (Å²) in [6.07, 6.45) is 2.08. The highest BCUT2D eigenvalue weighted by atomic mass is 35.5. The van der Waals surface area contributed by atoms with Gasteiger partial charge in [0.15, 0.2) is 0 Å². The van der Waals surface area contributed by atoms with Crippen LogP contribution in [0.5, 0.6) is 0 Å². The number of carbonyl (C=O) groups is 1. The minimum atomic E-state index is -0.693. The van der Waals surface area contributed by atoms with E-state index in [1.54, 1.807) is 13.0 Å². The summed E-state index contributed by atoms with van der Waals surface area (Å²) >= 11 is 6.28. The number of para-hydroxylation sites is 1. The van der Waals surface area contributed by atoms with Crippen molar-refractivity contribution >= 4 is 28.4 Å². The van der Waals surface area contributed by atoms with Crippen LogP contribution in [0.2, 0.25) is 5.02 Å². The van der Waals surface area contributed by atoms with E-state index in [0.717, 1.165) is 42.5 Å². The van der Waals surface area contributed by atoms with E-state index in [1.165, 1.54) is 0 Å². The van der Waals surface area contributed by atoms with Gasteiger partial charge in [0.2, 0.25) is 0 Å². The van der Waals surface area contributed by atoms with Crippen LogP contribution in [0.25, 0.3) is 10.9 Å². The summed E-state index contributed by atoms with van der Waals surface area (Å²) in [5.41, 5.74) is 2.64. The molecule has 0 radical (unpaired) electrons. The van der Waals surface area contributed by atoms with Gasteiger partial charge in [-0.1, -0.05) is 29.8 Å². The first-order valence-corrected chi connectivity index (χ1v) is 13.0. The zero-order valence-corrected chi connectivity index (χ0v) is 22.6. The van der Waals surface area contributed by atoms with E-state index in [4.69, 9.17) is 11.6 Å². The molecule has 1 amide bonds. The molecule has 7 nitrogen and oxygen atoms in total. The van der Waals surface area contributed by atoms with Crippen LogP contribution < -0.4 is 10.9 Å². The summed E-state index contributed by atoms with van der Waals surface area (Å²) in [6.45, 7) is 12.4. The first kappa shape index (κ1) is 26.5. The number of hydrogen-bond acceptors (Lipinski definition) is 4. The van der Waals surface area contributed by atoms with E-state index in [0.29, 0.717) is 34.3 Å². The van der Waals surface area contributed by atoms with Crippen LogP contribution in [0.1, 0.15) is 67.0 Å². The summed E-state index contributed by atoms with van der Waals surface area (Å²) < 4.78 is 2.30. The molecule has 3 N–H and O–H groups in total. The third kappa shape index (κ3) is 5.53. The number of H-pyrrole nitrogens is 1. The number of rotatable bonds is 7. The highest BCUT2D eigenvalue weighted by molar-refractivity contribution is 6.31. The molecule has 1 aliphatic heterocycles. The Morgan fingerprint density at radius 2 is 1.92 bits per heavy atom. The Morgan fingerprint density at radius 1 is 1.25 bits per heavy atom. The highest BCUT2D eigenvalue weighted by Crippen LogP contribution is 2.36. The number of pyridine rings is 1. The molecule has 3 aromatic rings. The third-order valence-electron chi connectivity index (χ3n) is 7.36. The fraction of sp³-hybridized carbons (Fsp3) is 0.500. The molecule has 0 saturated carbocycles. The Morgan fingerprint density at radius 3 is 2.56 bits per heavy atom. The molecular weight excluding hydrogens is 476 g/mol. The van der Waals surface area contributed by atoms with Gasteiger partial charge in [-0.25, -0.2) is 0 Å². The Kier molecular flexibility index (Phi) is 7.64. The quantitative estimate of drug-likeness (QED) is 0.432. The molecule has 1 aliphatic rings. The van der Waals surface area contributed by atoms with Crippen molar-refractivity contribution in [2.45, 2.75) is 65.6 Å². The number of β-amino-alcohol motifs (C(OH)–C–C–N with tert-alkyl or cyclic N) is 1. The second-order valence-corrected chi connectivity index (χ2v) is 11.2. The number of benzene rings is 1. The topological polar surface area (TPSA) is 90.4 Å². The normalized spacial score (nSPS) is 16.4. The molecule has 0 unspecified atom stereocenters. The Balaban J connectivity index is 1.57. The summed E-state index contributed by atoms with van der Waals surface area (Å²) in [4.78, 5) is 30.8. The minimum Gasteiger partial charge on any atom is -0.389 e. The number of aromatic nitrogens is 2. The standard InChI is InChI=1S/C28H37ClN4O3/c1-17-14-23(29)22(26(34)31-17)15-30-27(35)25-19(3)33(24-9-7-6-8-21(24)25)18(2)20-10-12-32(13-11-20)16-28(4,5)36/h6-9,14,18,20,36H,10-13,15-16H2,1-5H3,(H,30,35)(H,31,34)/t18-/m1/s1. The van der Waals surface area contributed by atoms with E-state index in [-0.39, 0.29) is 24.1 Å². The Labute approximate surface area is 217 Å². The molecule has 1 atom stereocenters. The second kappa shape index (κ2) is 10.4. The lowest BCUT2D eigenvalue weighted by Gasteiger charge is -2.38. The molecule has 4 rings (SSSR count). The van der Waals surface area contributed by atoms with E-state index in [1.807, 2.05) is 39.0 Å². The van der Waals surface area contributed by atoms with Gasteiger partial charge in [-0.05, 0) is 78.6 Å². The number of likely N-dealkylation sites (tertiary alicyclic amines) is 1. The van der Waals surface area contributed by atoms with Gasteiger partial charge < -0.3 is 24.9 Å². The molecular formula is C28H37ClN4O3. The van der Waals surface area contributed by atoms with Crippen LogP contribution in [-0.2, 0) is 6.54 Å². The lowest BCUT2D eigenvalue weighted by Crippen LogP contribution is -2.43. The maximum Gasteiger partial charge on any atom is 0.254 e. The number of piperidine rings is 1. The van der Waals surface area contributed by atoms with Crippen molar-refractivity contribution in [2.24, 2.45) is 5.92 Å². The Hall–Kier alpha value is -2.61. The number of halogens is 1. The molecule has 194 valence electrons. The van der Waals surface area contributed by atoms with E-state index in [2.05, 4.69) is 32.8 Å². The number of aromatic amines is 1. The fourth-order valence-corrected chi connectivity index (χ4v) is 5.97. The molecule has 0 aliphatic carbocycles. The van der Waals surface area contributed by atoms with Crippen molar-refractivity contribution in [3.05, 3.63) is 68.2 Å². The molecule has 36 heavy (non-hydrogen) atoms. The fourth-order valence-electron chi connectivity index (χ4n) is 5.65. The molecule has 1 aromatic carbocycles. The van der Waals surface area contributed by atoms with Gasteiger partial charge in [0.1, 0.15) is 0 Å². The van der Waals surface area contributed by atoms with Crippen molar-refractivity contribution in [3.63, 3.8) is 0 Å². The van der Waals surface area contributed by atoms with Gasteiger partial charge in [-0.3, -0.25) is 9.59 Å². The lowest BCUT2D eigenvalue weighted by molar-refractivity contribution is 0.0214.